The van der Waals surface area contributed by atoms with Gasteiger partial charge in [-0.3, -0.25) is 0 Å². The van der Waals surface area contributed by atoms with Crippen LogP contribution in [0.15, 0.2) is 0 Å². The first-order chi connectivity index (χ1) is 8.42. The van der Waals surface area contributed by atoms with E-state index in [2.05, 4.69) is 44.8 Å². The SMILES string of the molecule is CCCNC(C)C1CCN(CCC(C)(C)C)CC1. The maximum Gasteiger partial charge on any atom is 0.00679 e. The van der Waals surface area contributed by atoms with E-state index < -0.39 is 0 Å². The molecule has 0 aliphatic carbocycles. The first-order valence-electron chi connectivity index (χ1n) is 7.88. The van der Waals surface area contributed by atoms with Gasteiger partial charge in [-0.05, 0) is 70.1 Å². The van der Waals surface area contributed by atoms with Crippen LogP contribution in [0.4, 0.5) is 0 Å². The highest BCUT2D eigenvalue weighted by atomic mass is 15.1. The van der Waals surface area contributed by atoms with Crippen LogP contribution in [-0.2, 0) is 0 Å². The lowest BCUT2D eigenvalue weighted by atomic mass is 9.88. The molecule has 18 heavy (non-hydrogen) atoms. The lowest BCUT2D eigenvalue weighted by molar-refractivity contribution is 0.147. The second kappa shape index (κ2) is 7.49. The van der Waals surface area contributed by atoms with Gasteiger partial charge >= 0.3 is 0 Å². The molecule has 0 spiro atoms. The van der Waals surface area contributed by atoms with E-state index in [1.807, 2.05) is 0 Å². The van der Waals surface area contributed by atoms with E-state index in [0.717, 1.165) is 5.92 Å². The molecule has 0 radical (unpaired) electrons. The monoisotopic (exact) mass is 254 g/mol. The molecule has 0 amide bonds. The average Bonchev–Trinajstić information content (AvgIpc) is 2.33. The van der Waals surface area contributed by atoms with E-state index >= 15 is 0 Å². The summed E-state index contributed by atoms with van der Waals surface area (Å²) >= 11 is 0. The van der Waals surface area contributed by atoms with Gasteiger partial charge < -0.3 is 10.2 Å². The summed E-state index contributed by atoms with van der Waals surface area (Å²) in [5, 5.41) is 3.65. The average molecular weight is 254 g/mol. The molecule has 0 aromatic rings. The lowest BCUT2D eigenvalue weighted by Gasteiger charge is -2.36. The summed E-state index contributed by atoms with van der Waals surface area (Å²) in [6.07, 6.45) is 5.32. The Hall–Kier alpha value is -0.0800. The van der Waals surface area contributed by atoms with Gasteiger partial charge in [-0.2, -0.15) is 0 Å². The molecule has 1 rings (SSSR count). The number of nitrogens with zero attached hydrogens (tertiary/aromatic N) is 1. The third-order valence-electron chi connectivity index (χ3n) is 4.23. The number of piperidine rings is 1. The van der Waals surface area contributed by atoms with Gasteiger partial charge in [0.15, 0.2) is 0 Å². The van der Waals surface area contributed by atoms with Crippen molar-refractivity contribution < 1.29 is 0 Å². The fourth-order valence-corrected chi connectivity index (χ4v) is 2.71. The van der Waals surface area contributed by atoms with E-state index in [9.17, 15) is 0 Å². The van der Waals surface area contributed by atoms with Gasteiger partial charge in [0.1, 0.15) is 0 Å². The van der Waals surface area contributed by atoms with Crippen LogP contribution >= 0.6 is 0 Å². The highest BCUT2D eigenvalue weighted by Gasteiger charge is 2.24. The first-order valence-corrected chi connectivity index (χ1v) is 7.88. The Morgan fingerprint density at radius 3 is 2.33 bits per heavy atom. The molecule has 1 aliphatic rings. The Morgan fingerprint density at radius 1 is 1.22 bits per heavy atom. The Balaban J connectivity index is 2.20. The fraction of sp³-hybridized carbons (Fsp3) is 1.00. The summed E-state index contributed by atoms with van der Waals surface area (Å²) in [5.41, 5.74) is 0.479. The van der Waals surface area contributed by atoms with Gasteiger partial charge in [-0.25, -0.2) is 0 Å². The lowest BCUT2D eigenvalue weighted by Crippen LogP contribution is -2.42. The first kappa shape index (κ1) is 16.0. The largest absolute Gasteiger partial charge is 0.314 e. The summed E-state index contributed by atoms with van der Waals surface area (Å²) in [5.74, 6) is 0.891. The molecule has 1 aliphatic heterocycles. The van der Waals surface area contributed by atoms with Crippen molar-refractivity contribution in [3.05, 3.63) is 0 Å². The fourth-order valence-electron chi connectivity index (χ4n) is 2.71. The quantitative estimate of drug-likeness (QED) is 0.780. The standard InChI is InChI=1S/C16H34N2/c1-6-10-17-14(2)15-7-11-18(12-8-15)13-9-16(3,4)5/h14-15,17H,6-13H2,1-5H3. The van der Waals surface area contributed by atoms with Gasteiger partial charge in [0.2, 0.25) is 0 Å². The molecule has 1 fully saturated rings. The maximum absolute atomic E-state index is 3.65. The van der Waals surface area contributed by atoms with Gasteiger partial charge in [-0.1, -0.05) is 27.7 Å². The van der Waals surface area contributed by atoms with Crippen molar-refractivity contribution in [2.45, 2.75) is 66.3 Å². The molecule has 0 aromatic heterocycles. The minimum Gasteiger partial charge on any atom is -0.314 e. The molecule has 108 valence electrons. The van der Waals surface area contributed by atoms with Gasteiger partial charge in [-0.15, -0.1) is 0 Å². The molecule has 2 nitrogen and oxygen atoms in total. The molecular weight excluding hydrogens is 220 g/mol. The van der Waals surface area contributed by atoms with Gasteiger partial charge in [0, 0.05) is 6.04 Å². The van der Waals surface area contributed by atoms with E-state index in [4.69, 9.17) is 0 Å². The van der Waals surface area contributed by atoms with E-state index in [-0.39, 0.29) is 0 Å². The van der Waals surface area contributed by atoms with Crippen LogP contribution in [0.25, 0.3) is 0 Å². The molecule has 0 aromatic carbocycles. The van der Waals surface area contributed by atoms with Crippen molar-refractivity contribution in [2.24, 2.45) is 11.3 Å². The zero-order chi connectivity index (χ0) is 13.6. The summed E-state index contributed by atoms with van der Waals surface area (Å²) in [6.45, 7) is 16.7. The van der Waals surface area contributed by atoms with Crippen molar-refractivity contribution in [2.75, 3.05) is 26.2 Å². The van der Waals surface area contributed by atoms with E-state index in [1.165, 1.54) is 51.9 Å². The maximum atomic E-state index is 3.65. The third kappa shape index (κ3) is 6.19. The van der Waals surface area contributed by atoms with Crippen LogP contribution in [0.3, 0.4) is 0 Å². The number of hydrogen-bond acceptors (Lipinski definition) is 2. The van der Waals surface area contributed by atoms with Crippen LogP contribution in [0.1, 0.15) is 60.3 Å². The van der Waals surface area contributed by atoms with Crippen LogP contribution in [0, 0.1) is 11.3 Å². The second-order valence-electron chi connectivity index (χ2n) is 7.23. The molecule has 0 saturated carbocycles. The number of hydrogen-bond donors (Lipinski definition) is 1. The Labute approximate surface area is 115 Å². The van der Waals surface area contributed by atoms with Crippen molar-refractivity contribution in [1.29, 1.82) is 0 Å². The minimum absolute atomic E-state index is 0.479. The third-order valence-corrected chi connectivity index (χ3v) is 4.23. The second-order valence-corrected chi connectivity index (χ2v) is 7.23. The van der Waals surface area contributed by atoms with Crippen LogP contribution in [-0.4, -0.2) is 37.1 Å². The highest BCUT2D eigenvalue weighted by molar-refractivity contribution is 4.80. The Bertz CT molecular complexity index is 212. The Morgan fingerprint density at radius 2 is 1.83 bits per heavy atom. The zero-order valence-electron chi connectivity index (χ0n) is 13.3. The van der Waals surface area contributed by atoms with Crippen molar-refractivity contribution in [1.82, 2.24) is 10.2 Å². The molecule has 1 heterocycles. The molecule has 1 atom stereocenters. The van der Waals surface area contributed by atoms with Crippen LogP contribution in [0.5, 0.6) is 0 Å². The van der Waals surface area contributed by atoms with Crippen LogP contribution in [0.2, 0.25) is 0 Å². The van der Waals surface area contributed by atoms with Gasteiger partial charge in [0.25, 0.3) is 0 Å². The summed E-state index contributed by atoms with van der Waals surface area (Å²) in [7, 11) is 0. The van der Waals surface area contributed by atoms with E-state index in [0.29, 0.717) is 11.5 Å². The smallest absolute Gasteiger partial charge is 0.00679 e. The molecule has 1 N–H and O–H groups in total. The summed E-state index contributed by atoms with van der Waals surface area (Å²) in [6, 6.07) is 0.703. The molecular formula is C16H34N2. The van der Waals surface area contributed by atoms with Crippen LogP contribution < -0.4 is 5.32 Å². The topological polar surface area (TPSA) is 15.3 Å². The van der Waals surface area contributed by atoms with Crippen molar-refractivity contribution in [3.63, 3.8) is 0 Å². The minimum atomic E-state index is 0.479. The Kier molecular flexibility index (Phi) is 6.65. The predicted molar refractivity (Wildman–Crippen MR) is 81.0 cm³/mol. The highest BCUT2D eigenvalue weighted by Crippen LogP contribution is 2.23. The molecule has 0 bridgehead atoms. The van der Waals surface area contributed by atoms with Crippen molar-refractivity contribution in [3.8, 4) is 0 Å². The zero-order valence-corrected chi connectivity index (χ0v) is 13.3. The molecule has 2 heteroatoms. The molecule has 1 unspecified atom stereocenters. The summed E-state index contributed by atoms with van der Waals surface area (Å²) < 4.78 is 0. The predicted octanol–water partition coefficient (Wildman–Crippen LogP) is 3.52. The number of nitrogens with one attached hydrogen (secondary N) is 1. The normalized spacial score (nSPS) is 21.2. The number of likely N-dealkylation sites (tertiary alicyclic amines) is 1. The summed E-state index contributed by atoms with van der Waals surface area (Å²) in [4.78, 5) is 2.66. The van der Waals surface area contributed by atoms with Crippen molar-refractivity contribution >= 4 is 0 Å². The van der Waals surface area contributed by atoms with E-state index in [1.54, 1.807) is 0 Å². The van der Waals surface area contributed by atoms with Gasteiger partial charge in [0.05, 0.1) is 0 Å². The number of rotatable bonds is 6. The molecule has 1 saturated heterocycles.